The van der Waals surface area contributed by atoms with Crippen molar-refractivity contribution in [1.29, 1.82) is 0 Å². The average molecular weight is 331 g/mol. The summed E-state index contributed by atoms with van der Waals surface area (Å²) in [4.78, 5) is 2.37. The number of benzene rings is 1. The van der Waals surface area contributed by atoms with Gasteiger partial charge in [0.1, 0.15) is 5.82 Å². The van der Waals surface area contributed by atoms with Crippen molar-refractivity contribution >= 4 is 15.9 Å². The Morgan fingerprint density at radius 1 is 1.37 bits per heavy atom. The monoisotopic (exact) mass is 330 g/mol. The van der Waals surface area contributed by atoms with E-state index < -0.39 is 0 Å². The molecule has 19 heavy (non-hydrogen) atoms. The van der Waals surface area contributed by atoms with Gasteiger partial charge in [0.25, 0.3) is 0 Å². The lowest BCUT2D eigenvalue weighted by Crippen LogP contribution is -2.36. The van der Waals surface area contributed by atoms with Crippen LogP contribution in [0.5, 0.6) is 0 Å². The van der Waals surface area contributed by atoms with Crippen molar-refractivity contribution in [1.82, 2.24) is 4.90 Å². The topological polar surface area (TPSA) is 29.3 Å². The van der Waals surface area contributed by atoms with E-state index in [1.54, 1.807) is 0 Å². The van der Waals surface area contributed by atoms with Gasteiger partial charge in [0.15, 0.2) is 0 Å². The molecule has 2 atom stereocenters. The molecule has 2 N–H and O–H groups in total. The van der Waals surface area contributed by atoms with Crippen LogP contribution < -0.4 is 5.73 Å². The molecule has 0 amide bonds. The summed E-state index contributed by atoms with van der Waals surface area (Å²) in [6.45, 7) is 9.10. The first kappa shape index (κ1) is 16.6. The largest absolute Gasteiger partial charge is 0.329 e. The number of rotatable bonds is 7. The Morgan fingerprint density at radius 2 is 2.05 bits per heavy atom. The van der Waals surface area contributed by atoms with Gasteiger partial charge in [-0.1, -0.05) is 33.3 Å². The highest BCUT2D eigenvalue weighted by atomic mass is 79.9. The van der Waals surface area contributed by atoms with Crippen LogP contribution in [0, 0.1) is 11.7 Å². The molecule has 1 rings (SSSR count). The summed E-state index contributed by atoms with van der Waals surface area (Å²) in [5.41, 5.74) is 7.01. The molecule has 1 aromatic rings. The molecule has 2 nitrogen and oxygen atoms in total. The molecule has 0 saturated heterocycles. The van der Waals surface area contributed by atoms with Gasteiger partial charge in [0, 0.05) is 19.1 Å². The number of hydrogen-bond acceptors (Lipinski definition) is 2. The van der Waals surface area contributed by atoms with E-state index in [0.29, 0.717) is 16.9 Å². The first-order valence-corrected chi connectivity index (χ1v) is 7.71. The molecule has 0 spiro atoms. The Morgan fingerprint density at radius 3 is 2.53 bits per heavy atom. The normalized spacial score (nSPS) is 14.7. The van der Waals surface area contributed by atoms with Crippen molar-refractivity contribution in [3.05, 3.63) is 34.1 Å². The summed E-state index contributed by atoms with van der Waals surface area (Å²) in [6, 6.07) is 5.32. The number of nitrogens with zero attached hydrogens (tertiary/aromatic N) is 1. The number of likely N-dealkylation sites (N-methyl/N-ethyl adjacent to an activating group) is 1. The van der Waals surface area contributed by atoms with Gasteiger partial charge in [-0.3, -0.25) is 4.90 Å². The fraction of sp³-hybridized carbons (Fsp3) is 0.600. The summed E-state index contributed by atoms with van der Waals surface area (Å²) < 4.78 is 13.8. The van der Waals surface area contributed by atoms with E-state index in [0.717, 1.165) is 25.1 Å². The zero-order valence-electron chi connectivity index (χ0n) is 12.0. The molecule has 0 bridgehead atoms. The second-order valence-corrected chi connectivity index (χ2v) is 5.88. The van der Waals surface area contributed by atoms with Crippen LogP contribution in [0.2, 0.25) is 0 Å². The van der Waals surface area contributed by atoms with Crippen molar-refractivity contribution in [3.8, 4) is 0 Å². The predicted octanol–water partition coefficient (Wildman–Crippen LogP) is 3.96. The Kier molecular flexibility index (Phi) is 6.97. The van der Waals surface area contributed by atoms with Crippen LogP contribution in [0.3, 0.4) is 0 Å². The van der Waals surface area contributed by atoms with Gasteiger partial charge in [-0.25, -0.2) is 4.39 Å². The first-order valence-electron chi connectivity index (χ1n) is 6.92. The molecule has 0 fully saturated rings. The van der Waals surface area contributed by atoms with Gasteiger partial charge in [-0.2, -0.15) is 0 Å². The van der Waals surface area contributed by atoms with E-state index in [-0.39, 0.29) is 11.9 Å². The van der Waals surface area contributed by atoms with E-state index in [9.17, 15) is 4.39 Å². The molecule has 0 radical (unpaired) electrons. The maximum absolute atomic E-state index is 13.3. The lowest BCUT2D eigenvalue weighted by molar-refractivity contribution is 0.182. The third kappa shape index (κ3) is 4.55. The fourth-order valence-electron chi connectivity index (χ4n) is 2.22. The minimum atomic E-state index is -0.232. The lowest BCUT2D eigenvalue weighted by atomic mass is 10.0. The summed E-state index contributed by atoms with van der Waals surface area (Å²) in [5.74, 6) is 0.405. The quantitative estimate of drug-likeness (QED) is 0.819. The highest BCUT2D eigenvalue weighted by Gasteiger charge is 2.20. The van der Waals surface area contributed by atoms with Gasteiger partial charge < -0.3 is 5.73 Å². The number of nitrogens with two attached hydrogens (primary N) is 1. The van der Waals surface area contributed by atoms with Crippen molar-refractivity contribution in [2.75, 3.05) is 19.6 Å². The third-order valence-electron chi connectivity index (χ3n) is 3.64. The number of hydrogen-bond donors (Lipinski definition) is 1. The fourth-order valence-corrected chi connectivity index (χ4v) is 2.62. The molecule has 0 saturated carbocycles. The predicted molar refractivity (Wildman–Crippen MR) is 82.6 cm³/mol. The molecule has 2 unspecified atom stereocenters. The molecule has 0 aliphatic carbocycles. The first-order chi connectivity index (χ1) is 9.03. The summed E-state index contributed by atoms with van der Waals surface area (Å²) in [6.07, 6.45) is 1.15. The second kappa shape index (κ2) is 7.98. The Hall–Kier alpha value is -0.450. The molecule has 0 aromatic heterocycles. The van der Waals surface area contributed by atoms with E-state index >= 15 is 0 Å². The van der Waals surface area contributed by atoms with Crippen LogP contribution >= 0.6 is 15.9 Å². The van der Waals surface area contributed by atoms with E-state index in [4.69, 9.17) is 5.73 Å². The van der Waals surface area contributed by atoms with Crippen molar-refractivity contribution < 1.29 is 4.39 Å². The maximum Gasteiger partial charge on any atom is 0.137 e. The van der Waals surface area contributed by atoms with Crippen LogP contribution in [-0.2, 0) is 0 Å². The minimum absolute atomic E-state index is 0.149. The molecule has 0 aliphatic rings. The molecule has 0 aliphatic heterocycles. The molecule has 4 heteroatoms. The zero-order chi connectivity index (χ0) is 14.4. The van der Waals surface area contributed by atoms with Crippen molar-refractivity contribution in [2.24, 2.45) is 11.7 Å². The average Bonchev–Trinajstić information content (AvgIpc) is 2.41. The molecular formula is C15H24BrFN2. The van der Waals surface area contributed by atoms with Crippen LogP contribution in [0.15, 0.2) is 22.7 Å². The molecule has 1 aromatic carbocycles. The van der Waals surface area contributed by atoms with Crippen LogP contribution in [0.4, 0.5) is 4.39 Å². The van der Waals surface area contributed by atoms with Crippen LogP contribution in [0.1, 0.15) is 38.8 Å². The lowest BCUT2D eigenvalue weighted by Gasteiger charge is -2.32. The SMILES string of the molecule is CCC(C)CN(CC)C(CN)c1ccc(F)c(Br)c1. The smallest absolute Gasteiger partial charge is 0.137 e. The second-order valence-electron chi connectivity index (χ2n) is 5.03. The molecular weight excluding hydrogens is 307 g/mol. The van der Waals surface area contributed by atoms with Gasteiger partial charge >= 0.3 is 0 Å². The van der Waals surface area contributed by atoms with Gasteiger partial charge in [0.2, 0.25) is 0 Å². The maximum atomic E-state index is 13.3. The van der Waals surface area contributed by atoms with E-state index in [1.165, 1.54) is 6.07 Å². The highest BCUT2D eigenvalue weighted by molar-refractivity contribution is 9.10. The summed E-state index contributed by atoms with van der Waals surface area (Å²) in [7, 11) is 0. The minimum Gasteiger partial charge on any atom is -0.329 e. The summed E-state index contributed by atoms with van der Waals surface area (Å²) in [5, 5.41) is 0. The van der Waals surface area contributed by atoms with E-state index in [1.807, 2.05) is 12.1 Å². The van der Waals surface area contributed by atoms with Crippen molar-refractivity contribution in [3.63, 3.8) is 0 Å². The molecule has 108 valence electrons. The zero-order valence-corrected chi connectivity index (χ0v) is 13.6. The number of halogens is 2. The standard InChI is InChI=1S/C15H24BrFN2/c1-4-11(3)10-19(5-2)15(9-18)12-6-7-14(17)13(16)8-12/h6-8,11,15H,4-5,9-10,18H2,1-3H3. The molecule has 0 heterocycles. The van der Waals surface area contributed by atoms with Gasteiger partial charge in [0.05, 0.1) is 4.47 Å². The Balaban J connectivity index is 2.93. The van der Waals surface area contributed by atoms with Crippen LogP contribution in [0.25, 0.3) is 0 Å². The third-order valence-corrected chi connectivity index (χ3v) is 4.25. The highest BCUT2D eigenvalue weighted by Crippen LogP contribution is 2.25. The summed E-state index contributed by atoms with van der Waals surface area (Å²) >= 11 is 3.24. The van der Waals surface area contributed by atoms with Gasteiger partial charge in [-0.15, -0.1) is 0 Å². The Bertz CT molecular complexity index is 398. The van der Waals surface area contributed by atoms with E-state index in [2.05, 4.69) is 41.6 Å². The van der Waals surface area contributed by atoms with Crippen LogP contribution in [-0.4, -0.2) is 24.5 Å². The van der Waals surface area contributed by atoms with Gasteiger partial charge in [-0.05, 0) is 46.1 Å². The van der Waals surface area contributed by atoms with Crippen molar-refractivity contribution in [2.45, 2.75) is 33.2 Å². The Labute approximate surface area is 124 Å².